The molecule has 10 heteroatoms. The van der Waals surface area contributed by atoms with Crippen LogP contribution in [0.5, 0.6) is 5.75 Å². The lowest BCUT2D eigenvalue weighted by atomic mass is 10.1. The van der Waals surface area contributed by atoms with E-state index in [9.17, 15) is 9.59 Å². The summed E-state index contributed by atoms with van der Waals surface area (Å²) in [5.41, 5.74) is 1.70. The Labute approximate surface area is 218 Å². The minimum absolute atomic E-state index is 0.00747. The lowest BCUT2D eigenvalue weighted by molar-refractivity contribution is -0.132. The second kappa shape index (κ2) is 11.3. The third-order valence-corrected chi connectivity index (χ3v) is 7.10. The summed E-state index contributed by atoms with van der Waals surface area (Å²) in [5.74, 6) is 1.91. The second-order valence-corrected chi connectivity index (χ2v) is 9.54. The Balaban J connectivity index is 1.19. The summed E-state index contributed by atoms with van der Waals surface area (Å²) in [6, 6.07) is 18.8. The summed E-state index contributed by atoms with van der Waals surface area (Å²) in [6.45, 7) is 2.59. The maximum Gasteiger partial charge on any atom is 0.264 e. The molecule has 3 aromatic heterocycles. The molecule has 0 N–H and O–H groups in total. The van der Waals surface area contributed by atoms with E-state index in [1.54, 1.807) is 41.4 Å². The quantitative estimate of drug-likeness (QED) is 0.351. The van der Waals surface area contributed by atoms with Crippen molar-refractivity contribution in [1.82, 2.24) is 20.0 Å². The summed E-state index contributed by atoms with van der Waals surface area (Å²) in [6.07, 6.45) is 1.57. The van der Waals surface area contributed by atoms with E-state index in [2.05, 4.69) is 15.1 Å². The molecular weight excluding hydrogens is 490 g/mol. The van der Waals surface area contributed by atoms with Crippen LogP contribution >= 0.6 is 11.3 Å². The van der Waals surface area contributed by atoms with Crippen molar-refractivity contribution in [2.75, 3.05) is 44.7 Å². The third-order valence-electron chi connectivity index (χ3n) is 6.24. The molecule has 0 aliphatic carbocycles. The number of carbonyl (C=O) groups is 2. The first-order valence-electron chi connectivity index (χ1n) is 12.0. The molecule has 190 valence electrons. The van der Waals surface area contributed by atoms with E-state index in [1.807, 2.05) is 47.8 Å². The third kappa shape index (κ3) is 5.80. The smallest absolute Gasteiger partial charge is 0.264 e. The van der Waals surface area contributed by atoms with E-state index in [-0.39, 0.29) is 24.9 Å². The normalized spacial score (nSPS) is 13.4. The molecule has 4 heterocycles. The van der Waals surface area contributed by atoms with Crippen LogP contribution in [0.2, 0.25) is 0 Å². The Kier molecular flexibility index (Phi) is 7.46. The molecule has 9 nitrogen and oxygen atoms in total. The molecule has 0 atom stereocenters. The Morgan fingerprint density at radius 2 is 1.89 bits per heavy atom. The predicted octanol–water partition coefficient (Wildman–Crippen LogP) is 3.80. The molecular formula is C27H27N5O4S. The highest BCUT2D eigenvalue weighted by Gasteiger charge is 2.27. The molecule has 1 saturated heterocycles. The number of hydrogen-bond acceptors (Lipinski definition) is 8. The summed E-state index contributed by atoms with van der Waals surface area (Å²) in [5, 5.41) is 10.7. The Bertz CT molecular complexity index is 1320. The SMILES string of the molecule is COc1cccc(-c2ccc(N3CCN(C(=O)CN(Cc4ccco4)C(=O)c4cccs4)CC3)nn2)c1. The van der Waals surface area contributed by atoms with E-state index < -0.39 is 0 Å². The van der Waals surface area contributed by atoms with Gasteiger partial charge in [0, 0.05) is 31.7 Å². The molecule has 1 aromatic carbocycles. The van der Waals surface area contributed by atoms with Crippen LogP contribution in [-0.4, -0.2) is 71.6 Å². The average Bonchev–Trinajstić information content (AvgIpc) is 3.67. The van der Waals surface area contributed by atoms with Gasteiger partial charge in [-0.3, -0.25) is 9.59 Å². The number of piperazine rings is 1. The predicted molar refractivity (Wildman–Crippen MR) is 141 cm³/mol. The van der Waals surface area contributed by atoms with E-state index in [0.717, 1.165) is 22.8 Å². The number of aromatic nitrogens is 2. The molecule has 0 spiro atoms. The van der Waals surface area contributed by atoms with Crippen molar-refractivity contribution >= 4 is 29.0 Å². The number of amides is 2. The molecule has 0 bridgehead atoms. The van der Waals surface area contributed by atoms with E-state index >= 15 is 0 Å². The molecule has 1 aliphatic rings. The lowest BCUT2D eigenvalue weighted by Crippen LogP contribution is -2.52. The molecule has 0 saturated carbocycles. The first kappa shape index (κ1) is 24.5. The maximum atomic E-state index is 13.2. The monoisotopic (exact) mass is 517 g/mol. The van der Waals surface area contributed by atoms with Crippen LogP contribution in [-0.2, 0) is 11.3 Å². The van der Waals surface area contributed by atoms with Crippen LogP contribution in [0.1, 0.15) is 15.4 Å². The second-order valence-electron chi connectivity index (χ2n) is 8.59. The van der Waals surface area contributed by atoms with E-state index in [0.29, 0.717) is 36.8 Å². The highest BCUT2D eigenvalue weighted by atomic mass is 32.1. The van der Waals surface area contributed by atoms with Crippen molar-refractivity contribution in [2.24, 2.45) is 0 Å². The van der Waals surface area contributed by atoms with Crippen LogP contribution in [0.25, 0.3) is 11.3 Å². The Hall–Kier alpha value is -4.18. The van der Waals surface area contributed by atoms with Gasteiger partial charge in [0.05, 0.1) is 30.5 Å². The minimum Gasteiger partial charge on any atom is -0.497 e. The lowest BCUT2D eigenvalue weighted by Gasteiger charge is -2.36. The zero-order chi connectivity index (χ0) is 25.6. The van der Waals surface area contributed by atoms with Crippen LogP contribution < -0.4 is 9.64 Å². The molecule has 0 radical (unpaired) electrons. The summed E-state index contributed by atoms with van der Waals surface area (Å²) in [7, 11) is 1.64. The summed E-state index contributed by atoms with van der Waals surface area (Å²) in [4.78, 5) is 32.3. The first-order chi connectivity index (χ1) is 18.1. The highest BCUT2D eigenvalue weighted by Crippen LogP contribution is 2.23. The zero-order valence-electron chi connectivity index (χ0n) is 20.4. The van der Waals surface area contributed by atoms with Gasteiger partial charge in [0.15, 0.2) is 5.82 Å². The van der Waals surface area contributed by atoms with Gasteiger partial charge in [-0.05, 0) is 47.8 Å². The standard InChI is InChI=1S/C27H27N5O4S/c1-35-21-6-2-5-20(17-21)23-9-10-25(29-28-23)30-11-13-31(14-12-30)26(33)19-32(18-22-7-3-15-36-22)27(34)24-8-4-16-37-24/h2-10,15-17H,11-14,18-19H2,1H3. The van der Waals surface area contributed by atoms with Gasteiger partial charge < -0.3 is 23.9 Å². The zero-order valence-corrected chi connectivity index (χ0v) is 21.3. The number of anilines is 1. The van der Waals surface area contributed by atoms with Gasteiger partial charge in [0.2, 0.25) is 5.91 Å². The van der Waals surface area contributed by atoms with Crippen LogP contribution in [0, 0.1) is 0 Å². The van der Waals surface area contributed by atoms with Crippen molar-refractivity contribution in [3.8, 4) is 17.0 Å². The number of rotatable bonds is 8. The summed E-state index contributed by atoms with van der Waals surface area (Å²) < 4.78 is 10.7. The Morgan fingerprint density at radius 3 is 2.57 bits per heavy atom. The van der Waals surface area contributed by atoms with Crippen LogP contribution in [0.4, 0.5) is 5.82 Å². The first-order valence-corrected chi connectivity index (χ1v) is 12.8. The average molecular weight is 518 g/mol. The largest absolute Gasteiger partial charge is 0.497 e. The number of carbonyl (C=O) groups excluding carboxylic acids is 2. The fourth-order valence-electron chi connectivity index (χ4n) is 4.22. The number of furan rings is 1. The fourth-order valence-corrected chi connectivity index (χ4v) is 4.92. The van der Waals surface area contributed by atoms with E-state index in [1.165, 1.54) is 11.3 Å². The van der Waals surface area contributed by atoms with Crippen molar-refractivity contribution in [2.45, 2.75) is 6.54 Å². The molecule has 5 rings (SSSR count). The van der Waals surface area contributed by atoms with Gasteiger partial charge in [0.25, 0.3) is 5.91 Å². The molecule has 1 fully saturated rings. The Morgan fingerprint density at radius 1 is 1.03 bits per heavy atom. The van der Waals surface area contributed by atoms with E-state index in [4.69, 9.17) is 9.15 Å². The molecule has 37 heavy (non-hydrogen) atoms. The van der Waals surface area contributed by atoms with Gasteiger partial charge in [-0.25, -0.2) is 0 Å². The van der Waals surface area contributed by atoms with Crippen LogP contribution in [0.3, 0.4) is 0 Å². The number of nitrogens with zero attached hydrogens (tertiary/aromatic N) is 5. The van der Waals surface area contributed by atoms with Crippen molar-refractivity contribution in [1.29, 1.82) is 0 Å². The molecule has 4 aromatic rings. The molecule has 0 unspecified atom stereocenters. The van der Waals surface area contributed by atoms with Gasteiger partial charge in [-0.15, -0.1) is 21.5 Å². The van der Waals surface area contributed by atoms with Gasteiger partial charge in [0.1, 0.15) is 18.1 Å². The topological polar surface area (TPSA) is 92.0 Å². The highest BCUT2D eigenvalue weighted by molar-refractivity contribution is 7.12. The molecule has 2 amide bonds. The number of benzene rings is 1. The molecule has 1 aliphatic heterocycles. The van der Waals surface area contributed by atoms with Crippen molar-refractivity contribution in [3.05, 3.63) is 82.9 Å². The van der Waals surface area contributed by atoms with Crippen molar-refractivity contribution in [3.63, 3.8) is 0 Å². The van der Waals surface area contributed by atoms with Gasteiger partial charge in [-0.1, -0.05) is 18.2 Å². The summed E-state index contributed by atoms with van der Waals surface area (Å²) >= 11 is 1.36. The van der Waals surface area contributed by atoms with Crippen molar-refractivity contribution < 1.29 is 18.7 Å². The fraction of sp³-hybridized carbons (Fsp3) is 0.259. The minimum atomic E-state index is -0.176. The number of ether oxygens (including phenoxy) is 1. The van der Waals surface area contributed by atoms with Gasteiger partial charge in [-0.2, -0.15) is 0 Å². The number of thiophene rings is 1. The number of methoxy groups -OCH3 is 1. The van der Waals surface area contributed by atoms with Crippen LogP contribution in [0.15, 0.2) is 76.7 Å². The van der Waals surface area contributed by atoms with Gasteiger partial charge >= 0.3 is 0 Å². The maximum absolute atomic E-state index is 13.2. The number of hydrogen-bond donors (Lipinski definition) is 0.